The van der Waals surface area contributed by atoms with Crippen molar-refractivity contribution in [1.29, 1.82) is 0 Å². The lowest BCUT2D eigenvalue weighted by Gasteiger charge is -2.13. The summed E-state index contributed by atoms with van der Waals surface area (Å²) >= 11 is 0. The minimum absolute atomic E-state index is 0.0169. The zero-order chi connectivity index (χ0) is 24.3. The number of ether oxygens (including phenoxy) is 1. The molecule has 0 bridgehead atoms. The van der Waals surface area contributed by atoms with Crippen LogP contribution in [-0.4, -0.2) is 42.6 Å². The van der Waals surface area contributed by atoms with Crippen molar-refractivity contribution >= 4 is 26.8 Å². The Balaban J connectivity index is 1.64. The first-order chi connectivity index (χ1) is 16.3. The third kappa shape index (κ3) is 4.75. The van der Waals surface area contributed by atoms with E-state index in [1.807, 2.05) is 30.3 Å². The lowest BCUT2D eigenvalue weighted by Crippen LogP contribution is -2.27. The molecule has 0 N–H and O–H groups in total. The van der Waals surface area contributed by atoms with Crippen molar-refractivity contribution in [3.8, 4) is 0 Å². The van der Waals surface area contributed by atoms with Crippen molar-refractivity contribution in [2.75, 3.05) is 14.1 Å². The lowest BCUT2D eigenvalue weighted by molar-refractivity contribution is 0.0465. The normalized spacial score (nSPS) is 11.6. The molecule has 1 heterocycles. The van der Waals surface area contributed by atoms with E-state index in [0.717, 1.165) is 9.87 Å². The molecule has 0 spiro atoms. The summed E-state index contributed by atoms with van der Waals surface area (Å²) in [6.45, 7) is 0.0542. The van der Waals surface area contributed by atoms with Crippen molar-refractivity contribution in [3.05, 3.63) is 106 Å². The molecule has 0 radical (unpaired) electrons. The fourth-order valence-electron chi connectivity index (χ4n) is 3.47. The predicted molar refractivity (Wildman–Crippen MR) is 128 cm³/mol. The van der Waals surface area contributed by atoms with Crippen molar-refractivity contribution < 1.29 is 17.9 Å². The number of hydrogen-bond donors (Lipinski definition) is 0. The van der Waals surface area contributed by atoms with Crippen LogP contribution >= 0.6 is 0 Å². The van der Waals surface area contributed by atoms with Crippen molar-refractivity contribution in [3.63, 3.8) is 0 Å². The first-order valence-corrected chi connectivity index (χ1v) is 11.9. The highest BCUT2D eigenvalue weighted by Gasteiger charge is 2.20. The first-order valence-electron chi connectivity index (χ1n) is 10.5. The molecule has 8 nitrogen and oxygen atoms in total. The van der Waals surface area contributed by atoms with E-state index in [9.17, 15) is 18.0 Å². The number of sulfonamides is 1. The van der Waals surface area contributed by atoms with E-state index in [-0.39, 0.29) is 29.3 Å². The maximum absolute atomic E-state index is 13.0. The maximum Gasteiger partial charge on any atom is 0.359 e. The average molecular weight is 478 g/mol. The summed E-state index contributed by atoms with van der Waals surface area (Å²) < 4.78 is 32.6. The van der Waals surface area contributed by atoms with E-state index in [4.69, 9.17) is 4.74 Å². The summed E-state index contributed by atoms with van der Waals surface area (Å²) in [6.07, 6.45) is 0. The first kappa shape index (κ1) is 23.3. The van der Waals surface area contributed by atoms with Crippen molar-refractivity contribution in [2.24, 2.45) is 0 Å². The van der Waals surface area contributed by atoms with E-state index >= 15 is 0 Å². The molecule has 0 aliphatic heterocycles. The number of esters is 1. The molecule has 1 aromatic heterocycles. The van der Waals surface area contributed by atoms with Gasteiger partial charge in [-0.2, -0.15) is 5.10 Å². The third-order valence-electron chi connectivity index (χ3n) is 5.28. The van der Waals surface area contributed by atoms with Crippen LogP contribution in [0.3, 0.4) is 0 Å². The van der Waals surface area contributed by atoms with Crippen LogP contribution in [0.2, 0.25) is 0 Å². The number of carbonyl (C=O) groups excluding carboxylic acids is 1. The van der Waals surface area contributed by atoms with Gasteiger partial charge in [-0.25, -0.2) is 22.2 Å². The Kier molecular flexibility index (Phi) is 6.58. The smallest absolute Gasteiger partial charge is 0.359 e. The van der Waals surface area contributed by atoms with Gasteiger partial charge in [0.1, 0.15) is 6.61 Å². The molecule has 0 fully saturated rings. The SMILES string of the molecule is CN(C)S(=O)(=O)c1cccc(COC(=O)c2nn(Cc3ccccc3)c(=O)c3ccccc23)c1. The topological polar surface area (TPSA) is 98.6 Å². The third-order valence-corrected chi connectivity index (χ3v) is 7.09. The number of aromatic nitrogens is 2. The van der Waals surface area contributed by atoms with Gasteiger partial charge in [0.05, 0.1) is 16.8 Å². The molecular formula is C25H23N3O5S. The van der Waals surface area contributed by atoms with Gasteiger partial charge in [-0.3, -0.25) is 4.79 Å². The van der Waals surface area contributed by atoms with Gasteiger partial charge >= 0.3 is 5.97 Å². The second-order valence-corrected chi connectivity index (χ2v) is 10.0. The molecule has 0 amide bonds. The van der Waals surface area contributed by atoms with Crippen LogP contribution in [0.5, 0.6) is 0 Å². The fraction of sp³-hybridized carbons (Fsp3) is 0.160. The van der Waals surface area contributed by atoms with Crippen LogP contribution in [0, 0.1) is 0 Å². The highest BCUT2D eigenvalue weighted by atomic mass is 32.2. The highest BCUT2D eigenvalue weighted by Crippen LogP contribution is 2.18. The summed E-state index contributed by atoms with van der Waals surface area (Å²) in [6, 6.07) is 22.3. The van der Waals surface area contributed by atoms with E-state index in [0.29, 0.717) is 16.3 Å². The van der Waals surface area contributed by atoms with Gasteiger partial charge in [-0.1, -0.05) is 60.7 Å². The molecule has 0 saturated heterocycles. The van der Waals surface area contributed by atoms with E-state index in [1.54, 1.807) is 36.4 Å². The number of carbonyl (C=O) groups is 1. The number of nitrogens with zero attached hydrogens (tertiary/aromatic N) is 3. The van der Waals surface area contributed by atoms with E-state index < -0.39 is 16.0 Å². The van der Waals surface area contributed by atoms with Gasteiger partial charge in [-0.05, 0) is 29.3 Å². The van der Waals surface area contributed by atoms with Gasteiger partial charge in [0.15, 0.2) is 5.69 Å². The van der Waals surface area contributed by atoms with Crippen molar-refractivity contribution in [2.45, 2.75) is 18.0 Å². The van der Waals surface area contributed by atoms with Gasteiger partial charge in [0.2, 0.25) is 10.0 Å². The average Bonchev–Trinajstić information content (AvgIpc) is 2.85. The second-order valence-electron chi connectivity index (χ2n) is 7.85. The molecule has 174 valence electrons. The van der Waals surface area contributed by atoms with Crippen LogP contribution < -0.4 is 5.56 Å². The van der Waals surface area contributed by atoms with Crippen LogP contribution in [0.4, 0.5) is 0 Å². The largest absolute Gasteiger partial charge is 0.456 e. The van der Waals surface area contributed by atoms with Crippen LogP contribution in [-0.2, 0) is 27.9 Å². The fourth-order valence-corrected chi connectivity index (χ4v) is 4.45. The Morgan fingerprint density at radius 2 is 1.56 bits per heavy atom. The quantitative estimate of drug-likeness (QED) is 0.380. The van der Waals surface area contributed by atoms with Crippen molar-refractivity contribution in [1.82, 2.24) is 14.1 Å². The molecule has 0 aliphatic carbocycles. The standard InChI is InChI=1S/C25H23N3O5S/c1-27(2)34(31,32)20-12-8-11-19(15-20)17-33-25(30)23-21-13-6-7-14-22(21)24(29)28(26-23)16-18-9-4-3-5-10-18/h3-15H,16-17H2,1-2H3. The number of benzene rings is 3. The monoisotopic (exact) mass is 477 g/mol. The lowest BCUT2D eigenvalue weighted by atomic mass is 10.1. The molecule has 0 aliphatic rings. The van der Waals surface area contributed by atoms with Gasteiger partial charge in [0.25, 0.3) is 5.56 Å². The zero-order valence-electron chi connectivity index (χ0n) is 18.7. The highest BCUT2D eigenvalue weighted by molar-refractivity contribution is 7.89. The molecular weight excluding hydrogens is 454 g/mol. The van der Waals surface area contributed by atoms with E-state index in [1.165, 1.54) is 30.9 Å². The molecule has 9 heteroatoms. The molecule has 3 aromatic carbocycles. The van der Waals surface area contributed by atoms with Crippen LogP contribution in [0.25, 0.3) is 10.8 Å². The second kappa shape index (κ2) is 9.58. The molecule has 4 aromatic rings. The number of hydrogen-bond acceptors (Lipinski definition) is 6. The summed E-state index contributed by atoms with van der Waals surface area (Å²) in [4.78, 5) is 26.1. The molecule has 4 rings (SSSR count). The predicted octanol–water partition coefficient (Wildman–Crippen LogP) is 3.05. The molecule has 0 saturated carbocycles. The summed E-state index contributed by atoms with van der Waals surface area (Å²) in [7, 11) is -0.721. The Morgan fingerprint density at radius 1 is 0.912 bits per heavy atom. The molecule has 0 unspecified atom stereocenters. The summed E-state index contributed by atoms with van der Waals surface area (Å²) in [5.41, 5.74) is 1.09. The number of fused-ring (bicyclic) bond motifs is 1. The van der Waals surface area contributed by atoms with Gasteiger partial charge in [-0.15, -0.1) is 0 Å². The van der Waals surface area contributed by atoms with E-state index in [2.05, 4.69) is 5.10 Å². The Bertz CT molecular complexity index is 1510. The minimum Gasteiger partial charge on any atom is -0.456 e. The minimum atomic E-state index is -3.62. The Hall–Kier alpha value is -3.82. The zero-order valence-corrected chi connectivity index (χ0v) is 19.5. The molecule has 0 atom stereocenters. The maximum atomic E-state index is 13.0. The van der Waals surface area contributed by atoms with Gasteiger partial charge in [0, 0.05) is 19.5 Å². The molecule has 34 heavy (non-hydrogen) atoms. The summed E-state index contributed by atoms with van der Waals surface area (Å²) in [5, 5.41) is 5.07. The summed E-state index contributed by atoms with van der Waals surface area (Å²) in [5.74, 6) is -0.709. The number of rotatable bonds is 7. The van der Waals surface area contributed by atoms with Crippen LogP contribution in [0.1, 0.15) is 21.6 Å². The Labute approximate surface area is 197 Å². The Morgan fingerprint density at radius 3 is 2.26 bits per heavy atom. The van der Waals surface area contributed by atoms with Gasteiger partial charge < -0.3 is 4.74 Å². The van der Waals surface area contributed by atoms with Crippen LogP contribution in [0.15, 0.2) is 88.6 Å².